The van der Waals surface area contributed by atoms with Crippen molar-refractivity contribution in [2.75, 3.05) is 32.7 Å². The molecule has 0 radical (unpaired) electrons. The Morgan fingerprint density at radius 3 is 2.09 bits per heavy atom. The molecule has 124 valence electrons. The van der Waals surface area contributed by atoms with Gasteiger partial charge in [0.1, 0.15) is 6.54 Å². The minimum Gasteiger partial charge on any atom is -0.353 e. The molecule has 0 fully saturated rings. The van der Waals surface area contributed by atoms with E-state index in [1.165, 1.54) is 12.2 Å². The minimum atomic E-state index is -0.423. The molecule has 6 nitrogen and oxygen atoms in total. The summed E-state index contributed by atoms with van der Waals surface area (Å²) in [6.45, 7) is 7.55. The first kappa shape index (κ1) is 18.4. The minimum absolute atomic E-state index is 0.200. The molecule has 0 aromatic rings. The lowest BCUT2D eigenvalue weighted by Crippen LogP contribution is -2.43. The molecule has 1 aliphatic rings. The van der Waals surface area contributed by atoms with E-state index in [0.29, 0.717) is 6.54 Å². The highest BCUT2D eigenvalue weighted by atomic mass is 16.2. The third-order valence-electron chi connectivity index (χ3n) is 3.61. The highest BCUT2D eigenvalue weighted by Crippen LogP contribution is 2.02. The van der Waals surface area contributed by atoms with E-state index in [1.54, 1.807) is 0 Å². The van der Waals surface area contributed by atoms with Crippen LogP contribution in [0.2, 0.25) is 0 Å². The molecule has 0 aliphatic carbocycles. The highest BCUT2D eigenvalue weighted by Gasteiger charge is 2.25. The maximum absolute atomic E-state index is 11.8. The second-order valence-corrected chi connectivity index (χ2v) is 5.49. The predicted octanol–water partition coefficient (Wildman–Crippen LogP) is 0.930. The van der Waals surface area contributed by atoms with Gasteiger partial charge in [-0.3, -0.25) is 19.3 Å². The zero-order chi connectivity index (χ0) is 16.4. The summed E-state index contributed by atoms with van der Waals surface area (Å²) >= 11 is 0. The van der Waals surface area contributed by atoms with Crippen LogP contribution in [-0.4, -0.2) is 60.2 Å². The smallest absolute Gasteiger partial charge is 0.254 e. The fourth-order valence-electron chi connectivity index (χ4n) is 2.24. The lowest BCUT2D eigenvalue weighted by Gasteiger charge is -2.22. The summed E-state index contributed by atoms with van der Waals surface area (Å²) in [4.78, 5) is 37.8. The summed E-state index contributed by atoms with van der Waals surface area (Å²) < 4.78 is 0. The number of amides is 3. The van der Waals surface area contributed by atoms with Crippen LogP contribution in [-0.2, 0) is 14.4 Å². The quantitative estimate of drug-likeness (QED) is 0.577. The fraction of sp³-hybridized carbons (Fsp3) is 0.688. The van der Waals surface area contributed by atoms with Crippen molar-refractivity contribution in [1.82, 2.24) is 15.1 Å². The lowest BCUT2D eigenvalue weighted by atomic mass is 10.2. The Hall–Kier alpha value is -1.69. The van der Waals surface area contributed by atoms with E-state index in [2.05, 4.69) is 24.1 Å². The van der Waals surface area contributed by atoms with Crippen molar-refractivity contribution in [3.8, 4) is 0 Å². The third-order valence-corrected chi connectivity index (χ3v) is 3.61. The summed E-state index contributed by atoms with van der Waals surface area (Å²) in [5.41, 5.74) is 0. The number of rotatable bonds is 11. The van der Waals surface area contributed by atoms with Crippen molar-refractivity contribution in [2.45, 2.75) is 39.5 Å². The van der Waals surface area contributed by atoms with Crippen LogP contribution in [0.1, 0.15) is 39.5 Å². The SMILES string of the molecule is CCCCN(CCCC)CCNC(=O)CN1C(=O)C=CC1=O. The number of imide groups is 1. The van der Waals surface area contributed by atoms with Crippen molar-refractivity contribution < 1.29 is 14.4 Å². The Morgan fingerprint density at radius 2 is 1.59 bits per heavy atom. The summed E-state index contributed by atoms with van der Waals surface area (Å²) in [5, 5.41) is 2.78. The number of nitrogens with one attached hydrogen (secondary N) is 1. The standard InChI is InChI=1S/C16H27N3O3/c1-3-5-10-18(11-6-4-2)12-9-17-14(20)13-19-15(21)7-8-16(19)22/h7-8H,3-6,9-13H2,1-2H3,(H,17,20). The topological polar surface area (TPSA) is 69.7 Å². The van der Waals surface area contributed by atoms with E-state index >= 15 is 0 Å². The Labute approximate surface area is 132 Å². The first-order valence-corrected chi connectivity index (χ1v) is 8.11. The number of unbranched alkanes of at least 4 members (excludes halogenated alkanes) is 2. The van der Waals surface area contributed by atoms with Crippen LogP contribution in [0.4, 0.5) is 0 Å². The van der Waals surface area contributed by atoms with Crippen molar-refractivity contribution in [3.05, 3.63) is 12.2 Å². The maximum atomic E-state index is 11.8. The van der Waals surface area contributed by atoms with Crippen LogP contribution in [0.5, 0.6) is 0 Å². The molecule has 0 spiro atoms. The van der Waals surface area contributed by atoms with Crippen LogP contribution in [0.15, 0.2) is 12.2 Å². The van der Waals surface area contributed by atoms with Crippen LogP contribution in [0, 0.1) is 0 Å². The van der Waals surface area contributed by atoms with Crippen molar-refractivity contribution >= 4 is 17.7 Å². The molecule has 0 saturated heterocycles. The monoisotopic (exact) mass is 309 g/mol. The van der Waals surface area contributed by atoms with E-state index in [0.717, 1.165) is 50.2 Å². The first-order chi connectivity index (χ1) is 10.6. The number of hydrogen-bond donors (Lipinski definition) is 1. The maximum Gasteiger partial charge on any atom is 0.254 e. The molecule has 22 heavy (non-hydrogen) atoms. The van der Waals surface area contributed by atoms with E-state index in [4.69, 9.17) is 0 Å². The molecule has 0 unspecified atom stereocenters. The van der Waals surface area contributed by atoms with E-state index in [9.17, 15) is 14.4 Å². The van der Waals surface area contributed by atoms with Crippen LogP contribution >= 0.6 is 0 Å². The predicted molar refractivity (Wildman–Crippen MR) is 85.1 cm³/mol. The van der Waals surface area contributed by atoms with Crippen molar-refractivity contribution in [1.29, 1.82) is 0 Å². The summed E-state index contributed by atoms with van der Waals surface area (Å²) in [7, 11) is 0. The Balaban J connectivity index is 2.26. The van der Waals surface area contributed by atoms with Gasteiger partial charge in [-0.05, 0) is 25.9 Å². The Kier molecular flexibility index (Phi) is 8.43. The molecule has 1 heterocycles. The van der Waals surface area contributed by atoms with Gasteiger partial charge in [-0.2, -0.15) is 0 Å². The van der Waals surface area contributed by atoms with Crippen LogP contribution < -0.4 is 5.32 Å². The summed E-state index contributed by atoms with van der Waals surface area (Å²) in [5.74, 6) is -1.14. The van der Waals surface area contributed by atoms with Gasteiger partial charge in [-0.25, -0.2) is 0 Å². The third kappa shape index (κ3) is 6.39. The molecule has 3 amide bonds. The van der Waals surface area contributed by atoms with Gasteiger partial charge in [0.25, 0.3) is 11.8 Å². The van der Waals surface area contributed by atoms with Crippen molar-refractivity contribution in [2.24, 2.45) is 0 Å². The Morgan fingerprint density at radius 1 is 1.05 bits per heavy atom. The molecular weight excluding hydrogens is 282 g/mol. The van der Waals surface area contributed by atoms with Gasteiger partial charge in [-0.15, -0.1) is 0 Å². The normalized spacial score (nSPS) is 14.2. The fourth-order valence-corrected chi connectivity index (χ4v) is 2.24. The van der Waals surface area contributed by atoms with Crippen LogP contribution in [0.3, 0.4) is 0 Å². The highest BCUT2D eigenvalue weighted by molar-refractivity contribution is 6.14. The summed E-state index contributed by atoms with van der Waals surface area (Å²) in [6, 6.07) is 0. The molecule has 1 aliphatic heterocycles. The second kappa shape index (κ2) is 10.1. The van der Waals surface area contributed by atoms with Gasteiger partial charge in [0.15, 0.2) is 0 Å². The number of carbonyl (C=O) groups is 3. The van der Waals surface area contributed by atoms with Gasteiger partial charge in [0.2, 0.25) is 5.91 Å². The zero-order valence-electron chi connectivity index (χ0n) is 13.6. The van der Waals surface area contributed by atoms with Gasteiger partial charge >= 0.3 is 0 Å². The van der Waals surface area contributed by atoms with Crippen LogP contribution in [0.25, 0.3) is 0 Å². The van der Waals surface area contributed by atoms with Crippen molar-refractivity contribution in [3.63, 3.8) is 0 Å². The Bertz CT molecular complexity index is 395. The van der Waals surface area contributed by atoms with E-state index < -0.39 is 11.8 Å². The molecule has 0 aromatic heterocycles. The van der Waals surface area contributed by atoms with Gasteiger partial charge in [0.05, 0.1) is 0 Å². The van der Waals surface area contributed by atoms with Gasteiger partial charge in [-0.1, -0.05) is 26.7 Å². The molecule has 0 bridgehead atoms. The van der Waals surface area contributed by atoms with E-state index in [1.807, 2.05) is 0 Å². The molecular formula is C16H27N3O3. The largest absolute Gasteiger partial charge is 0.353 e. The van der Waals surface area contributed by atoms with Gasteiger partial charge in [0, 0.05) is 25.2 Å². The zero-order valence-corrected chi connectivity index (χ0v) is 13.6. The molecule has 1 rings (SSSR count). The average Bonchev–Trinajstić information content (AvgIpc) is 2.81. The van der Waals surface area contributed by atoms with Gasteiger partial charge < -0.3 is 10.2 Å². The average molecular weight is 309 g/mol. The molecule has 6 heteroatoms. The van der Waals surface area contributed by atoms with E-state index in [-0.39, 0.29) is 12.5 Å². The summed E-state index contributed by atoms with van der Waals surface area (Å²) in [6.07, 6.45) is 6.99. The number of nitrogens with zero attached hydrogens (tertiary/aromatic N) is 2. The molecule has 0 saturated carbocycles. The second-order valence-electron chi connectivity index (χ2n) is 5.49. The molecule has 1 N–H and O–H groups in total. The lowest BCUT2D eigenvalue weighted by molar-refractivity contribution is -0.141. The number of hydrogen-bond acceptors (Lipinski definition) is 4. The molecule has 0 atom stereocenters. The molecule has 0 aromatic carbocycles. The first-order valence-electron chi connectivity index (χ1n) is 8.11. The number of carbonyl (C=O) groups excluding carboxylic acids is 3.